The summed E-state index contributed by atoms with van der Waals surface area (Å²) >= 11 is 0. The van der Waals surface area contributed by atoms with Crippen molar-refractivity contribution in [2.45, 2.75) is 98.4 Å². The lowest BCUT2D eigenvalue weighted by molar-refractivity contribution is -0.118. The first-order valence-corrected chi connectivity index (χ1v) is 8.62. The highest BCUT2D eigenvalue weighted by molar-refractivity contribution is 5.84. The van der Waals surface area contributed by atoms with E-state index >= 15 is 0 Å². The number of alkyl carbamates (subject to hydrolysis) is 2. The second-order valence-electron chi connectivity index (χ2n) is 8.30. The number of Topliss-reactive ketones (excluding diaryl/α,β-unsaturated/α-hetero) is 1. The van der Waals surface area contributed by atoms with Crippen LogP contribution < -0.4 is 10.6 Å². The molecule has 160 valence electrons. The van der Waals surface area contributed by atoms with Gasteiger partial charge >= 0.3 is 12.2 Å². The molecule has 0 aromatic carbocycles. The molecule has 0 aliphatic carbocycles. The Bertz CT molecular complexity index is 505. The zero-order valence-electron chi connectivity index (χ0n) is 18.0. The summed E-state index contributed by atoms with van der Waals surface area (Å²) in [4.78, 5) is 32.9. The number of hydrogen-bond acceptors (Lipinski definition) is 5. The number of carbonyl (C=O) groups excluding carboxylic acids is 3. The van der Waals surface area contributed by atoms with Gasteiger partial charge in [0.2, 0.25) is 0 Å². The summed E-state index contributed by atoms with van der Waals surface area (Å²) in [5.74, 6) is -3.04. The maximum Gasteiger partial charge on any atom is 0.408 e. The standard InChI is InChI=1S/C9H17F2NO2.C9H17NO3/c1-6(9(5,10)11)12-7(13)14-8(2,3)4;1-6(7(2)11)10-8(12)13-9(3,4)5/h6H,1-5H3,(H,12,13);6H,1-5H3,(H,10,12)/t2*6-/m11/s1. The molecule has 0 aromatic rings. The lowest BCUT2D eigenvalue weighted by atomic mass is 10.2. The van der Waals surface area contributed by atoms with Crippen molar-refractivity contribution in [3.8, 4) is 0 Å². The van der Waals surface area contributed by atoms with Crippen LogP contribution in [0.1, 0.15) is 69.2 Å². The molecule has 9 heteroatoms. The molecule has 0 rings (SSSR count). The largest absolute Gasteiger partial charge is 0.444 e. The van der Waals surface area contributed by atoms with Crippen molar-refractivity contribution in [1.29, 1.82) is 0 Å². The molecule has 0 saturated carbocycles. The van der Waals surface area contributed by atoms with Crippen LogP contribution in [0.3, 0.4) is 0 Å². The van der Waals surface area contributed by atoms with Gasteiger partial charge in [-0.25, -0.2) is 18.4 Å². The summed E-state index contributed by atoms with van der Waals surface area (Å²) in [6.07, 6.45) is -1.39. The van der Waals surface area contributed by atoms with Crippen LogP contribution in [0.15, 0.2) is 0 Å². The molecule has 27 heavy (non-hydrogen) atoms. The van der Waals surface area contributed by atoms with Crippen LogP contribution in [-0.2, 0) is 14.3 Å². The lowest BCUT2D eigenvalue weighted by Gasteiger charge is -2.24. The van der Waals surface area contributed by atoms with E-state index in [0.717, 1.165) is 6.92 Å². The van der Waals surface area contributed by atoms with Crippen LogP contribution in [0.4, 0.5) is 18.4 Å². The maximum absolute atomic E-state index is 12.6. The zero-order chi connectivity index (χ0) is 22.2. The Morgan fingerprint density at radius 2 is 1.11 bits per heavy atom. The second-order valence-corrected chi connectivity index (χ2v) is 8.30. The predicted octanol–water partition coefficient (Wildman–Crippen LogP) is 4.04. The van der Waals surface area contributed by atoms with E-state index in [0.29, 0.717) is 0 Å². The van der Waals surface area contributed by atoms with E-state index in [4.69, 9.17) is 9.47 Å². The summed E-state index contributed by atoms with van der Waals surface area (Å²) in [6, 6.07) is -1.73. The summed E-state index contributed by atoms with van der Waals surface area (Å²) in [7, 11) is 0. The molecule has 0 fully saturated rings. The van der Waals surface area contributed by atoms with Gasteiger partial charge in [0.25, 0.3) is 5.92 Å². The Balaban J connectivity index is 0. The molecule has 0 heterocycles. The first kappa shape index (κ1) is 27.3. The normalized spacial score (nSPS) is 14.1. The molecule has 2 N–H and O–H groups in total. The van der Waals surface area contributed by atoms with Crippen molar-refractivity contribution >= 4 is 18.0 Å². The number of nitrogens with one attached hydrogen (secondary N) is 2. The minimum absolute atomic E-state index is 0.0918. The highest BCUT2D eigenvalue weighted by atomic mass is 19.3. The first-order valence-electron chi connectivity index (χ1n) is 8.62. The van der Waals surface area contributed by atoms with Gasteiger partial charge in [0.05, 0.1) is 12.1 Å². The quantitative estimate of drug-likeness (QED) is 0.748. The number of amides is 2. The highest BCUT2D eigenvalue weighted by Crippen LogP contribution is 2.17. The molecule has 0 unspecified atom stereocenters. The Morgan fingerprint density at radius 3 is 1.37 bits per heavy atom. The molecule has 2 amide bonds. The third kappa shape index (κ3) is 17.3. The Morgan fingerprint density at radius 1 is 0.778 bits per heavy atom. The smallest absolute Gasteiger partial charge is 0.408 e. The van der Waals surface area contributed by atoms with Crippen molar-refractivity contribution < 1.29 is 32.6 Å². The molecule has 0 spiro atoms. The van der Waals surface area contributed by atoms with Crippen molar-refractivity contribution in [2.24, 2.45) is 0 Å². The van der Waals surface area contributed by atoms with E-state index in [9.17, 15) is 23.2 Å². The van der Waals surface area contributed by atoms with Gasteiger partial charge < -0.3 is 20.1 Å². The Kier molecular flexibility index (Phi) is 10.5. The van der Waals surface area contributed by atoms with Gasteiger partial charge in [-0.2, -0.15) is 0 Å². The van der Waals surface area contributed by atoms with Crippen molar-refractivity contribution in [3.05, 3.63) is 0 Å². The van der Waals surface area contributed by atoms with Crippen LogP contribution in [0.5, 0.6) is 0 Å². The monoisotopic (exact) mass is 396 g/mol. The van der Waals surface area contributed by atoms with Crippen molar-refractivity contribution in [1.82, 2.24) is 10.6 Å². The van der Waals surface area contributed by atoms with Gasteiger partial charge in [0, 0.05) is 6.92 Å². The number of rotatable bonds is 4. The van der Waals surface area contributed by atoms with E-state index in [-0.39, 0.29) is 5.78 Å². The maximum atomic E-state index is 12.6. The number of ketones is 1. The summed E-state index contributed by atoms with van der Waals surface area (Å²) < 4.78 is 35.1. The van der Waals surface area contributed by atoms with Crippen molar-refractivity contribution in [3.63, 3.8) is 0 Å². The third-order valence-corrected chi connectivity index (χ3v) is 2.84. The van der Waals surface area contributed by atoms with Crippen molar-refractivity contribution in [2.75, 3.05) is 0 Å². The summed E-state index contributed by atoms with van der Waals surface area (Å²) in [6.45, 7) is 15.3. The van der Waals surface area contributed by atoms with Gasteiger partial charge in [-0.15, -0.1) is 0 Å². The van der Waals surface area contributed by atoms with Crippen LogP contribution in [0, 0.1) is 0 Å². The highest BCUT2D eigenvalue weighted by Gasteiger charge is 2.32. The molecule has 0 aromatic heterocycles. The van der Waals surface area contributed by atoms with E-state index in [1.165, 1.54) is 13.8 Å². The molecule has 0 bridgehead atoms. The molecule has 0 saturated heterocycles. The average Bonchev–Trinajstić information content (AvgIpc) is 2.32. The molecule has 7 nitrogen and oxygen atoms in total. The molecule has 2 atom stereocenters. The SMILES string of the molecule is CC(=O)[C@@H](C)NC(=O)OC(C)(C)C.C[C@@H](NC(=O)OC(C)(C)C)C(C)(F)F. The van der Waals surface area contributed by atoms with Crippen LogP contribution >= 0.6 is 0 Å². The topological polar surface area (TPSA) is 93.7 Å². The van der Waals surface area contributed by atoms with E-state index in [1.54, 1.807) is 48.5 Å². The zero-order valence-corrected chi connectivity index (χ0v) is 18.0. The minimum Gasteiger partial charge on any atom is -0.444 e. The molecule has 0 aliphatic rings. The molecule has 0 radical (unpaired) electrons. The van der Waals surface area contributed by atoms with Gasteiger partial charge in [-0.1, -0.05) is 0 Å². The van der Waals surface area contributed by atoms with Crippen LogP contribution in [0.2, 0.25) is 0 Å². The van der Waals surface area contributed by atoms with E-state index in [2.05, 4.69) is 10.6 Å². The second kappa shape index (κ2) is 10.4. The van der Waals surface area contributed by atoms with Gasteiger partial charge in [-0.05, 0) is 62.3 Å². The Labute approximate surface area is 160 Å². The minimum atomic E-state index is -2.95. The number of carbonyl (C=O) groups is 3. The molecular weight excluding hydrogens is 362 g/mol. The van der Waals surface area contributed by atoms with Gasteiger partial charge in [0.1, 0.15) is 11.2 Å². The third-order valence-electron chi connectivity index (χ3n) is 2.84. The molecular formula is C18H34F2N2O5. The van der Waals surface area contributed by atoms with E-state index in [1.807, 2.05) is 0 Å². The van der Waals surface area contributed by atoms with Gasteiger partial charge in [-0.3, -0.25) is 4.79 Å². The fourth-order valence-corrected chi connectivity index (χ4v) is 1.20. The Hall–Kier alpha value is -1.93. The fourth-order valence-electron chi connectivity index (χ4n) is 1.20. The molecule has 0 aliphatic heterocycles. The van der Waals surface area contributed by atoms with Crippen LogP contribution in [-0.4, -0.2) is 47.2 Å². The van der Waals surface area contributed by atoms with Gasteiger partial charge in [0.15, 0.2) is 5.78 Å². The fraction of sp³-hybridized carbons (Fsp3) is 0.833. The lowest BCUT2D eigenvalue weighted by Crippen LogP contribution is -2.45. The predicted molar refractivity (Wildman–Crippen MR) is 99.0 cm³/mol. The summed E-state index contributed by atoms with van der Waals surface area (Å²) in [5.41, 5.74) is -1.20. The first-order chi connectivity index (χ1) is 11.7. The van der Waals surface area contributed by atoms with E-state index < -0.39 is 41.4 Å². The number of ether oxygens (including phenoxy) is 2. The summed E-state index contributed by atoms with van der Waals surface area (Å²) in [5, 5.41) is 4.49. The average molecular weight is 396 g/mol. The number of alkyl halides is 2. The van der Waals surface area contributed by atoms with Crippen LogP contribution in [0.25, 0.3) is 0 Å². The number of halogens is 2. The number of hydrogen-bond donors (Lipinski definition) is 2.